The van der Waals surface area contributed by atoms with Crippen LogP contribution in [0.4, 0.5) is 0 Å². The number of hydrogen-bond acceptors (Lipinski definition) is 6. The Labute approximate surface area is 112 Å². The highest BCUT2D eigenvalue weighted by Crippen LogP contribution is 2.67. The Morgan fingerprint density at radius 1 is 1.32 bits per heavy atom. The number of nitrogens with one attached hydrogen (secondary N) is 1. The molecule has 7 nitrogen and oxygen atoms in total. The topological polar surface area (TPSA) is 78.3 Å². The Morgan fingerprint density at radius 2 is 2.00 bits per heavy atom. The van der Waals surface area contributed by atoms with Crippen molar-refractivity contribution in [2.45, 2.75) is 50.4 Å². The first-order valence-electron chi connectivity index (χ1n) is 6.69. The highest BCUT2D eigenvalue weighted by atomic mass is 31.2. The third kappa shape index (κ3) is 2.30. The van der Waals surface area contributed by atoms with Gasteiger partial charge in [0.05, 0.1) is 12.7 Å². The van der Waals surface area contributed by atoms with E-state index in [1.807, 2.05) is 6.92 Å². The van der Waals surface area contributed by atoms with Crippen molar-refractivity contribution in [3.8, 4) is 0 Å². The van der Waals surface area contributed by atoms with Crippen molar-refractivity contribution >= 4 is 7.60 Å². The molecule has 0 bridgehead atoms. The van der Waals surface area contributed by atoms with Gasteiger partial charge in [0, 0.05) is 0 Å². The van der Waals surface area contributed by atoms with Gasteiger partial charge < -0.3 is 14.5 Å². The Kier molecular flexibility index (Phi) is 3.37. The van der Waals surface area contributed by atoms with Gasteiger partial charge in [-0.3, -0.25) is 4.57 Å². The van der Waals surface area contributed by atoms with Crippen molar-refractivity contribution < 1.29 is 13.6 Å². The van der Waals surface area contributed by atoms with E-state index in [1.54, 1.807) is 17.3 Å². The van der Waals surface area contributed by atoms with Gasteiger partial charge in [-0.25, -0.2) is 4.68 Å². The lowest BCUT2D eigenvalue weighted by Gasteiger charge is -2.40. The minimum atomic E-state index is -3.16. The summed E-state index contributed by atoms with van der Waals surface area (Å²) < 4.78 is 25.9. The first-order valence-corrected chi connectivity index (χ1v) is 8.24. The highest BCUT2D eigenvalue weighted by Gasteiger charge is 2.55. The average Bonchev–Trinajstić information content (AvgIpc) is 3.01. The molecule has 1 aromatic heterocycles. The fraction of sp³-hybridized carbons (Fsp3) is 0.818. The lowest BCUT2D eigenvalue weighted by Crippen LogP contribution is -2.44. The van der Waals surface area contributed by atoms with Gasteiger partial charge in [0.25, 0.3) is 0 Å². The van der Waals surface area contributed by atoms with Gasteiger partial charge in [-0.2, -0.15) is 0 Å². The maximum absolute atomic E-state index is 13.1. The Balaban J connectivity index is 1.90. The van der Waals surface area contributed by atoms with E-state index in [0.717, 1.165) is 32.1 Å². The second-order valence-electron chi connectivity index (χ2n) is 5.28. The molecule has 0 amide bonds. The zero-order chi connectivity index (χ0) is 13.3. The molecule has 2 aliphatic rings. The number of rotatable bonds is 3. The van der Waals surface area contributed by atoms with Crippen molar-refractivity contribution in [2.24, 2.45) is 0 Å². The van der Waals surface area contributed by atoms with Crippen LogP contribution in [-0.4, -0.2) is 32.9 Å². The van der Waals surface area contributed by atoms with Gasteiger partial charge in [-0.1, -0.05) is 19.3 Å². The molecule has 106 valence electrons. The predicted octanol–water partition coefficient (Wildman–Crippen LogP) is 2.11. The van der Waals surface area contributed by atoms with Crippen LogP contribution in [0.2, 0.25) is 0 Å². The molecule has 2 heterocycles. The van der Waals surface area contributed by atoms with Crippen molar-refractivity contribution in [1.29, 1.82) is 0 Å². The van der Waals surface area contributed by atoms with Gasteiger partial charge >= 0.3 is 7.60 Å². The molecule has 0 aromatic carbocycles. The Hall–Kier alpha value is -0.910. The van der Waals surface area contributed by atoms with E-state index in [9.17, 15) is 4.57 Å². The fourth-order valence-electron chi connectivity index (χ4n) is 2.81. The average molecular weight is 286 g/mol. The van der Waals surface area contributed by atoms with Gasteiger partial charge in [0.15, 0.2) is 5.28 Å². The maximum Gasteiger partial charge on any atom is 0.357 e. The largest absolute Gasteiger partial charge is 0.357 e. The summed E-state index contributed by atoms with van der Waals surface area (Å²) in [5, 5.41) is 6.87. The summed E-state index contributed by atoms with van der Waals surface area (Å²) in [4.78, 5) is 0. The monoisotopic (exact) mass is 286 g/mol. The first-order chi connectivity index (χ1) is 9.14. The summed E-state index contributed by atoms with van der Waals surface area (Å²) in [7, 11) is -3.16. The number of aromatic nitrogens is 3. The molecule has 8 heteroatoms. The molecule has 1 aliphatic carbocycles. The van der Waals surface area contributed by atoms with E-state index in [-0.39, 0.29) is 6.10 Å². The fourth-order valence-corrected chi connectivity index (χ4v) is 5.36. The third-order valence-electron chi connectivity index (χ3n) is 3.76. The lowest BCUT2D eigenvalue weighted by molar-refractivity contribution is 0.241. The summed E-state index contributed by atoms with van der Waals surface area (Å²) in [6, 6.07) is 0. The smallest absolute Gasteiger partial charge is 0.305 e. The molecule has 1 saturated heterocycles. The summed E-state index contributed by atoms with van der Waals surface area (Å²) in [5.41, 5.74) is 3.26. The van der Waals surface area contributed by atoms with E-state index in [4.69, 9.17) is 9.05 Å². The van der Waals surface area contributed by atoms with E-state index < -0.39 is 12.9 Å². The Morgan fingerprint density at radius 3 is 2.58 bits per heavy atom. The summed E-state index contributed by atoms with van der Waals surface area (Å²) in [6.07, 6.45) is 7.73. The molecule has 2 atom stereocenters. The minimum absolute atomic E-state index is 0.118. The minimum Gasteiger partial charge on any atom is -0.305 e. The van der Waals surface area contributed by atoms with Gasteiger partial charge in [-0.15, -0.1) is 10.2 Å². The molecule has 0 unspecified atom stereocenters. The second kappa shape index (κ2) is 4.89. The van der Waals surface area contributed by atoms with Crippen molar-refractivity contribution in [3.63, 3.8) is 0 Å². The van der Waals surface area contributed by atoms with Crippen molar-refractivity contribution in [1.82, 2.24) is 14.9 Å². The quantitative estimate of drug-likeness (QED) is 0.857. The van der Waals surface area contributed by atoms with Crippen molar-refractivity contribution in [3.05, 3.63) is 12.7 Å². The van der Waals surface area contributed by atoms with Gasteiger partial charge in [0.1, 0.15) is 12.7 Å². The highest BCUT2D eigenvalue weighted by molar-refractivity contribution is 7.56. The summed E-state index contributed by atoms with van der Waals surface area (Å²) in [5.74, 6) is 0. The molecule has 0 radical (unpaired) electrons. The predicted molar refractivity (Wildman–Crippen MR) is 69.3 cm³/mol. The molecule has 1 N–H and O–H groups in total. The summed E-state index contributed by atoms with van der Waals surface area (Å²) in [6.45, 7) is 2.28. The molecule has 0 spiro atoms. The molecular weight excluding hydrogens is 267 g/mol. The number of nitrogens with zero attached hydrogens (tertiary/aromatic N) is 3. The van der Waals surface area contributed by atoms with Crippen molar-refractivity contribution in [2.75, 3.05) is 12.0 Å². The van der Waals surface area contributed by atoms with Crippen LogP contribution >= 0.6 is 7.60 Å². The molecular formula is C11H19N4O3P. The van der Waals surface area contributed by atoms with Crippen LogP contribution < -0.4 is 5.43 Å². The van der Waals surface area contributed by atoms with Crippen LogP contribution in [0.1, 0.15) is 39.0 Å². The van der Waals surface area contributed by atoms with Gasteiger partial charge in [-0.05, 0) is 19.8 Å². The van der Waals surface area contributed by atoms with E-state index in [1.165, 1.54) is 0 Å². The van der Waals surface area contributed by atoms with Crippen LogP contribution in [0, 0.1) is 0 Å². The van der Waals surface area contributed by atoms with E-state index >= 15 is 0 Å². The molecule has 1 aromatic rings. The van der Waals surface area contributed by atoms with Gasteiger partial charge in [0.2, 0.25) is 0 Å². The molecule has 1 saturated carbocycles. The molecule has 3 rings (SSSR count). The second-order valence-corrected chi connectivity index (χ2v) is 7.60. The SMILES string of the molecule is C[C@@H]1CO[P@@](=O)(C2(Nn3cnnc3)CCCCC2)O1. The zero-order valence-electron chi connectivity index (χ0n) is 11.0. The van der Waals surface area contributed by atoms with Crippen LogP contribution in [0.3, 0.4) is 0 Å². The molecule has 2 fully saturated rings. The normalized spacial score (nSPS) is 34.3. The third-order valence-corrected chi connectivity index (χ3v) is 6.48. The Bertz CT molecular complexity index is 472. The number of hydrogen-bond donors (Lipinski definition) is 1. The van der Waals surface area contributed by atoms with Crippen LogP contribution in [0.15, 0.2) is 12.7 Å². The zero-order valence-corrected chi connectivity index (χ0v) is 11.9. The van der Waals surface area contributed by atoms with E-state index in [2.05, 4.69) is 15.6 Å². The van der Waals surface area contributed by atoms with Crippen LogP contribution in [-0.2, 0) is 13.6 Å². The standard InChI is InChI=1S/C11H19N4O3P/c1-10-7-17-19(16,18-10)11(5-3-2-4-6-11)14-15-8-12-13-9-15/h8-10,14H,2-7H2,1H3/t10-,19+/m1/s1. The van der Waals surface area contributed by atoms with Crippen LogP contribution in [0.25, 0.3) is 0 Å². The summed E-state index contributed by atoms with van der Waals surface area (Å²) >= 11 is 0. The molecule has 1 aliphatic heterocycles. The maximum atomic E-state index is 13.1. The van der Waals surface area contributed by atoms with Crippen LogP contribution in [0.5, 0.6) is 0 Å². The van der Waals surface area contributed by atoms with E-state index in [0.29, 0.717) is 6.61 Å². The lowest BCUT2D eigenvalue weighted by atomic mass is 9.95. The molecule has 19 heavy (non-hydrogen) atoms. The first kappa shape index (κ1) is 13.1.